The first-order valence-corrected chi connectivity index (χ1v) is 7.01. The van der Waals surface area contributed by atoms with Crippen molar-refractivity contribution in [3.05, 3.63) is 23.8 Å². The molecule has 0 atom stereocenters. The summed E-state index contributed by atoms with van der Waals surface area (Å²) in [5.74, 6) is 0. The van der Waals surface area contributed by atoms with Gasteiger partial charge in [0.2, 0.25) is 0 Å². The minimum Gasteiger partial charge on any atom is -0.399 e. The number of nitrogens with zero attached hydrogens (tertiary/aromatic N) is 1. The summed E-state index contributed by atoms with van der Waals surface area (Å²) < 4.78 is 12.3. The smallest absolute Gasteiger partial charge is 0.399 e. The first kappa shape index (κ1) is 15.4. The Morgan fingerprint density at radius 1 is 1.10 bits per heavy atom. The van der Waals surface area contributed by atoms with E-state index in [4.69, 9.17) is 15.0 Å². The zero-order valence-corrected chi connectivity index (χ0v) is 13.4. The van der Waals surface area contributed by atoms with E-state index >= 15 is 0 Å². The molecule has 1 aromatic rings. The van der Waals surface area contributed by atoms with Crippen LogP contribution in [0.2, 0.25) is 0 Å². The summed E-state index contributed by atoms with van der Waals surface area (Å²) in [6, 6.07) is 5.91. The van der Waals surface area contributed by atoms with E-state index in [1.54, 1.807) is 0 Å². The molecular weight excluding hydrogens is 251 g/mol. The van der Waals surface area contributed by atoms with Crippen molar-refractivity contribution in [3.63, 3.8) is 0 Å². The van der Waals surface area contributed by atoms with Crippen LogP contribution >= 0.6 is 0 Å². The Kier molecular flexibility index (Phi) is 3.89. The highest BCUT2D eigenvalue weighted by molar-refractivity contribution is 6.62. The summed E-state index contributed by atoms with van der Waals surface area (Å²) >= 11 is 0. The van der Waals surface area contributed by atoms with E-state index < -0.39 is 0 Å². The normalized spacial score (nSPS) is 20.6. The summed E-state index contributed by atoms with van der Waals surface area (Å²) in [6.07, 6.45) is 0. The molecule has 1 aromatic carbocycles. The molecule has 1 aliphatic heterocycles. The predicted octanol–water partition coefficient (Wildman–Crippen LogP) is 1.63. The fraction of sp³-hybridized carbons (Fsp3) is 0.600. The van der Waals surface area contributed by atoms with Gasteiger partial charge in [-0.2, -0.15) is 0 Å². The summed E-state index contributed by atoms with van der Waals surface area (Å²) in [5.41, 5.74) is 8.23. The van der Waals surface area contributed by atoms with Gasteiger partial charge in [0.1, 0.15) is 0 Å². The van der Waals surface area contributed by atoms with Crippen molar-refractivity contribution in [2.45, 2.75) is 45.4 Å². The molecule has 0 bridgehead atoms. The lowest BCUT2D eigenvalue weighted by molar-refractivity contribution is 0.00578. The molecular formula is C15H25BN2O2. The largest absolute Gasteiger partial charge is 0.495 e. The second-order valence-corrected chi connectivity index (χ2v) is 6.78. The lowest BCUT2D eigenvalue weighted by Gasteiger charge is -2.32. The van der Waals surface area contributed by atoms with Crippen LogP contribution < -0.4 is 11.2 Å². The minimum absolute atomic E-state index is 0.325. The Morgan fingerprint density at radius 3 is 2.15 bits per heavy atom. The molecule has 5 heteroatoms. The van der Waals surface area contributed by atoms with Gasteiger partial charge in [-0.25, -0.2) is 0 Å². The van der Waals surface area contributed by atoms with Gasteiger partial charge in [0.05, 0.1) is 11.2 Å². The summed E-state index contributed by atoms with van der Waals surface area (Å²) in [5, 5.41) is 0. The summed E-state index contributed by atoms with van der Waals surface area (Å²) in [7, 11) is 3.74. The van der Waals surface area contributed by atoms with Crippen molar-refractivity contribution in [1.29, 1.82) is 0 Å². The van der Waals surface area contributed by atoms with E-state index in [1.807, 2.05) is 32.3 Å². The molecule has 1 heterocycles. The Bertz CT molecular complexity index is 485. The van der Waals surface area contributed by atoms with Crippen LogP contribution in [-0.2, 0) is 15.9 Å². The Labute approximate surface area is 122 Å². The zero-order chi connectivity index (χ0) is 15.1. The van der Waals surface area contributed by atoms with Crippen LogP contribution in [0.3, 0.4) is 0 Å². The van der Waals surface area contributed by atoms with E-state index in [-0.39, 0.29) is 18.3 Å². The van der Waals surface area contributed by atoms with Gasteiger partial charge in [-0.15, -0.1) is 0 Å². The third-order valence-corrected chi connectivity index (χ3v) is 4.16. The zero-order valence-electron chi connectivity index (χ0n) is 13.4. The van der Waals surface area contributed by atoms with Crippen molar-refractivity contribution < 1.29 is 9.31 Å². The molecule has 1 aliphatic rings. The van der Waals surface area contributed by atoms with E-state index in [0.29, 0.717) is 0 Å². The molecule has 2 N–H and O–H groups in total. The summed E-state index contributed by atoms with van der Waals surface area (Å²) in [6.45, 7) is 9.07. The number of nitrogens with two attached hydrogens (primary N) is 1. The molecule has 110 valence electrons. The Morgan fingerprint density at radius 2 is 1.65 bits per heavy atom. The van der Waals surface area contributed by atoms with Gasteiger partial charge in [0.25, 0.3) is 0 Å². The Hall–Kier alpha value is -1.04. The maximum absolute atomic E-state index is 6.13. The molecule has 1 fully saturated rings. The van der Waals surface area contributed by atoms with Crippen LogP contribution in [0.25, 0.3) is 0 Å². The summed E-state index contributed by atoms with van der Waals surface area (Å²) in [4.78, 5) is 2.11. The average molecular weight is 276 g/mol. The average Bonchev–Trinajstić information content (AvgIpc) is 2.46. The van der Waals surface area contributed by atoms with E-state index in [0.717, 1.165) is 23.3 Å². The van der Waals surface area contributed by atoms with E-state index in [9.17, 15) is 0 Å². The van der Waals surface area contributed by atoms with E-state index in [2.05, 4.69) is 32.6 Å². The fourth-order valence-electron chi connectivity index (χ4n) is 2.30. The van der Waals surface area contributed by atoms with Crippen molar-refractivity contribution >= 4 is 18.3 Å². The van der Waals surface area contributed by atoms with Crippen LogP contribution in [0, 0.1) is 0 Å². The minimum atomic E-state index is -0.337. The van der Waals surface area contributed by atoms with Crippen LogP contribution in [0.4, 0.5) is 5.69 Å². The number of hydrogen-bond acceptors (Lipinski definition) is 4. The highest BCUT2D eigenvalue weighted by Crippen LogP contribution is 2.36. The van der Waals surface area contributed by atoms with Gasteiger partial charge in [0.15, 0.2) is 0 Å². The second kappa shape index (κ2) is 5.06. The predicted molar refractivity (Wildman–Crippen MR) is 84.0 cm³/mol. The van der Waals surface area contributed by atoms with Crippen LogP contribution in [-0.4, -0.2) is 37.3 Å². The van der Waals surface area contributed by atoms with Crippen molar-refractivity contribution in [2.75, 3.05) is 19.8 Å². The second-order valence-electron chi connectivity index (χ2n) is 6.78. The molecule has 20 heavy (non-hydrogen) atoms. The maximum Gasteiger partial charge on any atom is 0.495 e. The lowest BCUT2D eigenvalue weighted by Crippen LogP contribution is -2.41. The van der Waals surface area contributed by atoms with Gasteiger partial charge < -0.3 is 19.9 Å². The fourth-order valence-corrected chi connectivity index (χ4v) is 2.30. The topological polar surface area (TPSA) is 47.7 Å². The molecule has 0 aliphatic carbocycles. The molecule has 0 amide bonds. The monoisotopic (exact) mass is 276 g/mol. The quantitative estimate of drug-likeness (QED) is 0.673. The molecule has 4 nitrogen and oxygen atoms in total. The highest BCUT2D eigenvalue weighted by atomic mass is 16.7. The lowest BCUT2D eigenvalue weighted by atomic mass is 9.75. The number of benzene rings is 1. The first-order valence-electron chi connectivity index (χ1n) is 7.01. The molecule has 0 spiro atoms. The van der Waals surface area contributed by atoms with Gasteiger partial charge in [-0.3, -0.25) is 0 Å². The third-order valence-electron chi connectivity index (χ3n) is 4.16. The van der Waals surface area contributed by atoms with Gasteiger partial charge >= 0.3 is 7.12 Å². The third kappa shape index (κ3) is 2.85. The van der Waals surface area contributed by atoms with Crippen molar-refractivity contribution in [2.24, 2.45) is 0 Å². The maximum atomic E-state index is 6.13. The van der Waals surface area contributed by atoms with Gasteiger partial charge in [-0.05, 0) is 64.9 Å². The molecule has 0 radical (unpaired) electrons. The van der Waals surface area contributed by atoms with Crippen molar-refractivity contribution in [3.8, 4) is 0 Å². The SMILES string of the molecule is CN(C)Cc1cc(N)ccc1B1OC(C)(C)C(C)(C)O1. The standard InChI is InChI=1S/C15H25BN2O2/c1-14(2)15(3,4)20-16(19-14)13-8-7-12(17)9-11(13)10-18(5)6/h7-9H,10,17H2,1-6H3. The number of anilines is 1. The molecule has 2 rings (SSSR count). The van der Waals surface area contributed by atoms with Crippen molar-refractivity contribution in [1.82, 2.24) is 4.90 Å². The molecule has 1 saturated heterocycles. The molecule has 0 saturated carbocycles. The number of nitrogen functional groups attached to an aromatic ring is 1. The first-order chi connectivity index (χ1) is 9.12. The van der Waals surface area contributed by atoms with Crippen LogP contribution in [0.15, 0.2) is 18.2 Å². The van der Waals surface area contributed by atoms with Gasteiger partial charge in [-0.1, -0.05) is 6.07 Å². The molecule has 0 unspecified atom stereocenters. The van der Waals surface area contributed by atoms with Crippen LogP contribution in [0.1, 0.15) is 33.3 Å². The Balaban J connectivity index is 2.34. The van der Waals surface area contributed by atoms with Crippen LogP contribution in [0.5, 0.6) is 0 Å². The van der Waals surface area contributed by atoms with Gasteiger partial charge in [0, 0.05) is 12.2 Å². The molecule has 0 aromatic heterocycles. The highest BCUT2D eigenvalue weighted by Gasteiger charge is 2.52. The number of rotatable bonds is 3. The number of hydrogen-bond donors (Lipinski definition) is 1. The van der Waals surface area contributed by atoms with E-state index in [1.165, 1.54) is 0 Å².